The average molecular weight is 306 g/mol. The number of benzene rings is 2. The summed E-state index contributed by atoms with van der Waals surface area (Å²) in [4.78, 5) is 16.0. The Morgan fingerprint density at radius 3 is 2.39 bits per heavy atom. The summed E-state index contributed by atoms with van der Waals surface area (Å²) in [5.74, 6) is -0.0159. The molecule has 0 saturated heterocycles. The van der Waals surface area contributed by atoms with Crippen LogP contribution in [0.3, 0.4) is 0 Å². The molecule has 1 N–H and O–H groups in total. The highest BCUT2D eigenvalue weighted by molar-refractivity contribution is 5.92. The van der Waals surface area contributed by atoms with Crippen molar-refractivity contribution in [1.82, 2.24) is 14.8 Å². The summed E-state index contributed by atoms with van der Waals surface area (Å²) in [6.07, 6.45) is 3.57. The minimum atomic E-state index is -0.0159. The van der Waals surface area contributed by atoms with Crippen LogP contribution in [-0.2, 0) is 17.8 Å². The Kier molecular flexibility index (Phi) is 4.47. The fraction of sp³-hybridized carbons (Fsp3) is 0.167. The summed E-state index contributed by atoms with van der Waals surface area (Å²) >= 11 is 0. The Balaban J connectivity index is 1.57. The summed E-state index contributed by atoms with van der Waals surface area (Å²) in [6, 6.07) is 15.8. The highest BCUT2D eigenvalue weighted by Gasteiger charge is 2.04. The molecule has 5 nitrogen and oxygen atoms in total. The molecule has 0 fully saturated rings. The van der Waals surface area contributed by atoms with Crippen molar-refractivity contribution >= 4 is 11.6 Å². The summed E-state index contributed by atoms with van der Waals surface area (Å²) < 4.78 is 1.75. The van der Waals surface area contributed by atoms with Gasteiger partial charge in [0.15, 0.2) is 0 Å². The van der Waals surface area contributed by atoms with E-state index in [0.717, 1.165) is 16.8 Å². The molecule has 116 valence electrons. The molecule has 0 aliphatic heterocycles. The van der Waals surface area contributed by atoms with Crippen molar-refractivity contribution in [2.75, 3.05) is 5.32 Å². The van der Waals surface area contributed by atoms with Crippen LogP contribution in [-0.4, -0.2) is 20.7 Å². The number of carbonyl (C=O) groups excluding carboxylic acids is 1. The zero-order chi connectivity index (χ0) is 16.1. The first kappa shape index (κ1) is 15.0. The number of amides is 1. The van der Waals surface area contributed by atoms with Gasteiger partial charge < -0.3 is 5.32 Å². The Bertz CT molecular complexity index is 762. The lowest BCUT2D eigenvalue weighted by Gasteiger charge is -2.07. The third-order valence-electron chi connectivity index (χ3n) is 3.53. The number of nitrogens with zero attached hydrogens (tertiary/aromatic N) is 3. The Morgan fingerprint density at radius 2 is 1.74 bits per heavy atom. The summed E-state index contributed by atoms with van der Waals surface area (Å²) in [5.41, 5.74) is 4.10. The number of carbonyl (C=O) groups is 1. The van der Waals surface area contributed by atoms with Gasteiger partial charge in [0.2, 0.25) is 5.91 Å². The number of rotatable bonds is 5. The van der Waals surface area contributed by atoms with Crippen LogP contribution in [0.5, 0.6) is 0 Å². The summed E-state index contributed by atoms with van der Waals surface area (Å²) in [5, 5.41) is 6.99. The van der Waals surface area contributed by atoms with Crippen molar-refractivity contribution < 1.29 is 4.79 Å². The van der Waals surface area contributed by atoms with E-state index in [9.17, 15) is 4.79 Å². The van der Waals surface area contributed by atoms with Crippen molar-refractivity contribution in [2.24, 2.45) is 0 Å². The maximum Gasteiger partial charge on any atom is 0.228 e. The Hall–Kier alpha value is -2.95. The van der Waals surface area contributed by atoms with Gasteiger partial charge >= 0.3 is 0 Å². The van der Waals surface area contributed by atoms with Crippen molar-refractivity contribution in [3.05, 3.63) is 77.9 Å². The first-order valence-electron chi connectivity index (χ1n) is 7.46. The van der Waals surface area contributed by atoms with E-state index < -0.39 is 0 Å². The van der Waals surface area contributed by atoms with Crippen LogP contribution in [0.2, 0.25) is 0 Å². The normalized spacial score (nSPS) is 10.5. The van der Waals surface area contributed by atoms with Crippen LogP contribution in [0.25, 0.3) is 0 Å². The highest BCUT2D eigenvalue weighted by Crippen LogP contribution is 2.11. The van der Waals surface area contributed by atoms with E-state index in [1.807, 2.05) is 55.5 Å². The van der Waals surface area contributed by atoms with Gasteiger partial charge in [0.25, 0.3) is 0 Å². The van der Waals surface area contributed by atoms with Crippen LogP contribution in [0.1, 0.15) is 16.7 Å². The van der Waals surface area contributed by atoms with E-state index in [0.29, 0.717) is 13.0 Å². The molecule has 1 aromatic heterocycles. The SMILES string of the molecule is Cc1ccc(CC(=O)Nc2ccc(Cn3cncn3)cc2)cc1. The van der Waals surface area contributed by atoms with Crippen LogP contribution < -0.4 is 5.32 Å². The fourth-order valence-electron chi connectivity index (χ4n) is 2.29. The second kappa shape index (κ2) is 6.87. The molecule has 0 aliphatic carbocycles. The smallest absolute Gasteiger partial charge is 0.228 e. The molecule has 3 aromatic rings. The second-order valence-electron chi connectivity index (χ2n) is 5.50. The first-order chi connectivity index (χ1) is 11.2. The molecule has 0 unspecified atom stereocenters. The number of nitrogens with one attached hydrogen (secondary N) is 1. The zero-order valence-electron chi connectivity index (χ0n) is 12.9. The average Bonchev–Trinajstić information content (AvgIpc) is 3.04. The van der Waals surface area contributed by atoms with E-state index in [2.05, 4.69) is 15.4 Å². The predicted octanol–water partition coefficient (Wildman–Crippen LogP) is 2.82. The minimum absolute atomic E-state index is 0.0159. The van der Waals surface area contributed by atoms with Crippen molar-refractivity contribution in [1.29, 1.82) is 0 Å². The van der Waals surface area contributed by atoms with Crippen LogP contribution in [0, 0.1) is 6.92 Å². The molecule has 1 amide bonds. The molecule has 5 heteroatoms. The number of hydrogen-bond donors (Lipinski definition) is 1. The van der Waals surface area contributed by atoms with Gasteiger partial charge in [-0.05, 0) is 30.2 Å². The highest BCUT2D eigenvalue weighted by atomic mass is 16.1. The number of aryl methyl sites for hydroxylation is 1. The van der Waals surface area contributed by atoms with Gasteiger partial charge in [-0.3, -0.25) is 4.79 Å². The lowest BCUT2D eigenvalue weighted by atomic mass is 10.1. The summed E-state index contributed by atoms with van der Waals surface area (Å²) in [6.45, 7) is 2.70. The first-order valence-corrected chi connectivity index (χ1v) is 7.46. The predicted molar refractivity (Wildman–Crippen MR) is 89.1 cm³/mol. The summed E-state index contributed by atoms with van der Waals surface area (Å²) in [7, 11) is 0. The fourth-order valence-corrected chi connectivity index (χ4v) is 2.29. The molecule has 0 saturated carbocycles. The van der Waals surface area contributed by atoms with Gasteiger partial charge in [-0.15, -0.1) is 0 Å². The largest absolute Gasteiger partial charge is 0.326 e. The standard InChI is InChI=1S/C18H18N4O/c1-14-2-4-15(5-3-14)10-18(23)21-17-8-6-16(7-9-17)11-22-13-19-12-20-22/h2-9,12-13H,10-11H2,1H3,(H,21,23). The van der Waals surface area contributed by atoms with Crippen LogP contribution >= 0.6 is 0 Å². The third-order valence-corrected chi connectivity index (χ3v) is 3.53. The zero-order valence-corrected chi connectivity index (χ0v) is 12.9. The monoisotopic (exact) mass is 306 g/mol. The topological polar surface area (TPSA) is 59.8 Å². The van der Waals surface area contributed by atoms with E-state index in [4.69, 9.17) is 0 Å². The van der Waals surface area contributed by atoms with Crippen LogP contribution in [0.15, 0.2) is 61.2 Å². The maximum absolute atomic E-state index is 12.1. The lowest BCUT2D eigenvalue weighted by molar-refractivity contribution is -0.115. The maximum atomic E-state index is 12.1. The van der Waals surface area contributed by atoms with Crippen molar-refractivity contribution in [3.63, 3.8) is 0 Å². The molecule has 23 heavy (non-hydrogen) atoms. The van der Waals surface area contributed by atoms with Crippen molar-refractivity contribution in [2.45, 2.75) is 19.9 Å². The third kappa shape index (κ3) is 4.26. The van der Waals surface area contributed by atoms with E-state index in [1.165, 1.54) is 11.9 Å². The molecular formula is C18H18N4O. The molecule has 1 heterocycles. The minimum Gasteiger partial charge on any atom is -0.326 e. The van der Waals surface area contributed by atoms with Gasteiger partial charge in [0.05, 0.1) is 13.0 Å². The lowest BCUT2D eigenvalue weighted by Crippen LogP contribution is -2.14. The van der Waals surface area contributed by atoms with Crippen molar-refractivity contribution in [3.8, 4) is 0 Å². The molecule has 0 radical (unpaired) electrons. The van der Waals surface area contributed by atoms with Crippen LogP contribution in [0.4, 0.5) is 5.69 Å². The van der Waals surface area contributed by atoms with E-state index in [1.54, 1.807) is 11.0 Å². The van der Waals surface area contributed by atoms with Gasteiger partial charge in [-0.25, -0.2) is 9.67 Å². The molecule has 0 bridgehead atoms. The molecule has 2 aromatic carbocycles. The molecule has 0 spiro atoms. The number of hydrogen-bond acceptors (Lipinski definition) is 3. The molecular weight excluding hydrogens is 288 g/mol. The van der Waals surface area contributed by atoms with Gasteiger partial charge in [-0.1, -0.05) is 42.0 Å². The second-order valence-corrected chi connectivity index (χ2v) is 5.50. The van der Waals surface area contributed by atoms with Gasteiger partial charge in [0, 0.05) is 5.69 Å². The quantitative estimate of drug-likeness (QED) is 0.788. The number of anilines is 1. The Labute approximate surface area is 135 Å². The molecule has 0 atom stereocenters. The van der Waals surface area contributed by atoms with Gasteiger partial charge in [0.1, 0.15) is 12.7 Å². The molecule has 0 aliphatic rings. The Morgan fingerprint density at radius 1 is 1.04 bits per heavy atom. The van der Waals surface area contributed by atoms with E-state index in [-0.39, 0.29) is 5.91 Å². The number of aromatic nitrogens is 3. The van der Waals surface area contributed by atoms with Gasteiger partial charge in [-0.2, -0.15) is 5.10 Å². The molecule has 3 rings (SSSR count). The van der Waals surface area contributed by atoms with E-state index >= 15 is 0 Å².